The van der Waals surface area contributed by atoms with Crippen LogP contribution in [-0.2, 0) is 0 Å². The number of nitrogens with zero attached hydrogens (tertiary/aromatic N) is 1. The fraction of sp³-hybridized carbons (Fsp3) is 0.375. The van der Waals surface area contributed by atoms with Crippen LogP contribution in [0.5, 0.6) is 0 Å². The van der Waals surface area contributed by atoms with Crippen molar-refractivity contribution in [3.8, 4) is 0 Å². The molecule has 1 aliphatic rings. The Balaban J connectivity index is 2.87. The first-order valence-electron chi connectivity index (χ1n) is 3.24. The maximum Gasteiger partial charge on any atom is 0.0835 e. The molecule has 54 valence electrons. The smallest absolute Gasteiger partial charge is 0.0835 e. The van der Waals surface area contributed by atoms with E-state index in [0.29, 0.717) is 0 Å². The molecule has 0 aliphatic carbocycles. The number of hydrogen-bond acceptors (Lipinski definition) is 2. The minimum Gasteiger partial charge on any atom is -0.367 e. The number of allylic oxidation sites excluding steroid dienone is 2. The van der Waals surface area contributed by atoms with Crippen LogP contribution in [0.15, 0.2) is 24.4 Å². The van der Waals surface area contributed by atoms with Crippen LogP contribution in [0.1, 0.15) is 6.92 Å². The summed E-state index contributed by atoms with van der Waals surface area (Å²) in [7, 11) is 2.02. The van der Waals surface area contributed by atoms with Crippen LogP contribution in [0.4, 0.5) is 0 Å². The highest BCUT2D eigenvalue weighted by Crippen LogP contribution is 2.16. The zero-order valence-corrected chi connectivity index (χ0v) is 7.06. The second-order valence-corrected chi connectivity index (χ2v) is 2.89. The molecule has 0 spiro atoms. The van der Waals surface area contributed by atoms with E-state index < -0.39 is 0 Å². The van der Waals surface area contributed by atoms with Gasteiger partial charge in [-0.05, 0) is 19.2 Å². The molecule has 1 aliphatic heterocycles. The number of thiocarbonyl (C=S) groups is 1. The molecule has 0 bridgehead atoms. The molecule has 1 heterocycles. The average Bonchev–Trinajstić information content (AvgIpc) is 1.96. The predicted molar refractivity (Wildman–Crippen MR) is 48.1 cm³/mol. The van der Waals surface area contributed by atoms with E-state index in [1.807, 2.05) is 25.4 Å². The van der Waals surface area contributed by atoms with Gasteiger partial charge in [-0.1, -0.05) is 24.4 Å². The lowest BCUT2D eigenvalue weighted by Crippen LogP contribution is -2.40. The van der Waals surface area contributed by atoms with E-state index in [1.54, 1.807) is 5.37 Å². The first-order valence-corrected chi connectivity index (χ1v) is 3.71. The van der Waals surface area contributed by atoms with Crippen LogP contribution >= 0.6 is 12.2 Å². The minimum atomic E-state index is -0.0654. The number of rotatable bonds is 1. The van der Waals surface area contributed by atoms with Crippen molar-refractivity contribution < 1.29 is 0 Å². The van der Waals surface area contributed by atoms with Gasteiger partial charge in [0.1, 0.15) is 0 Å². The molecule has 0 amide bonds. The van der Waals surface area contributed by atoms with E-state index in [9.17, 15) is 0 Å². The lowest BCUT2D eigenvalue weighted by molar-refractivity contribution is 0.349. The average molecular weight is 153 g/mol. The van der Waals surface area contributed by atoms with Gasteiger partial charge in [0, 0.05) is 12.4 Å². The Labute approximate surface area is 67.0 Å². The van der Waals surface area contributed by atoms with Gasteiger partial charge in [0.05, 0.1) is 5.54 Å². The molecule has 1 atom stereocenters. The minimum absolute atomic E-state index is 0.0654. The lowest BCUT2D eigenvalue weighted by Gasteiger charge is -2.33. The van der Waals surface area contributed by atoms with Gasteiger partial charge < -0.3 is 4.90 Å². The van der Waals surface area contributed by atoms with Gasteiger partial charge >= 0.3 is 0 Å². The second-order valence-electron chi connectivity index (χ2n) is 2.66. The van der Waals surface area contributed by atoms with Crippen molar-refractivity contribution in [2.75, 3.05) is 7.05 Å². The second kappa shape index (κ2) is 2.54. The van der Waals surface area contributed by atoms with Gasteiger partial charge in [-0.2, -0.15) is 0 Å². The van der Waals surface area contributed by atoms with E-state index in [2.05, 4.69) is 17.9 Å². The fourth-order valence-corrected chi connectivity index (χ4v) is 1.07. The molecule has 0 aromatic heterocycles. The first kappa shape index (κ1) is 7.48. The summed E-state index contributed by atoms with van der Waals surface area (Å²) in [6.07, 6.45) is 8.12. The molecule has 0 saturated carbocycles. The van der Waals surface area contributed by atoms with Crippen LogP contribution in [0.2, 0.25) is 0 Å². The summed E-state index contributed by atoms with van der Waals surface area (Å²) in [5.74, 6) is 0. The van der Waals surface area contributed by atoms with Crippen molar-refractivity contribution >= 4 is 17.6 Å². The van der Waals surface area contributed by atoms with Gasteiger partial charge in [-0.25, -0.2) is 0 Å². The summed E-state index contributed by atoms with van der Waals surface area (Å²) in [4.78, 5) is 2.08. The van der Waals surface area contributed by atoms with Gasteiger partial charge in [-0.15, -0.1) is 0 Å². The fourth-order valence-electron chi connectivity index (χ4n) is 0.830. The maximum atomic E-state index is 4.91. The quantitative estimate of drug-likeness (QED) is 0.528. The van der Waals surface area contributed by atoms with Crippen molar-refractivity contribution in [2.24, 2.45) is 0 Å². The predicted octanol–water partition coefficient (Wildman–Crippen LogP) is 1.76. The van der Waals surface area contributed by atoms with Crippen molar-refractivity contribution in [1.82, 2.24) is 4.90 Å². The standard InChI is InChI=1S/C8H11NS/c1-8(7-10)5-3-4-6-9(8)2/h3-7H,1-2H3. The number of hydrogen-bond donors (Lipinski definition) is 0. The van der Waals surface area contributed by atoms with Gasteiger partial charge in [0.25, 0.3) is 0 Å². The zero-order valence-electron chi connectivity index (χ0n) is 6.24. The summed E-state index contributed by atoms with van der Waals surface area (Å²) in [5.41, 5.74) is -0.0654. The molecule has 1 unspecified atom stereocenters. The molecule has 1 rings (SSSR count). The summed E-state index contributed by atoms with van der Waals surface area (Å²) in [6, 6.07) is 0. The van der Waals surface area contributed by atoms with E-state index in [1.165, 1.54) is 0 Å². The van der Waals surface area contributed by atoms with Crippen LogP contribution in [0, 0.1) is 0 Å². The Morgan fingerprint density at radius 2 is 2.20 bits per heavy atom. The molecule has 0 radical (unpaired) electrons. The van der Waals surface area contributed by atoms with Crippen molar-refractivity contribution in [3.05, 3.63) is 24.4 Å². The van der Waals surface area contributed by atoms with Crippen molar-refractivity contribution in [2.45, 2.75) is 12.5 Å². The third-order valence-electron chi connectivity index (χ3n) is 1.85. The van der Waals surface area contributed by atoms with Crippen molar-refractivity contribution in [1.29, 1.82) is 0 Å². The monoisotopic (exact) mass is 153 g/mol. The van der Waals surface area contributed by atoms with E-state index in [4.69, 9.17) is 12.2 Å². The molecule has 0 N–H and O–H groups in total. The third-order valence-corrected chi connectivity index (χ3v) is 2.33. The van der Waals surface area contributed by atoms with Crippen LogP contribution < -0.4 is 0 Å². The molecular formula is C8H11NS. The molecule has 1 nitrogen and oxygen atoms in total. The first-order chi connectivity index (χ1) is 4.69. The Morgan fingerprint density at radius 3 is 2.60 bits per heavy atom. The summed E-state index contributed by atoms with van der Waals surface area (Å²) >= 11 is 4.91. The number of likely N-dealkylation sites (N-methyl/N-ethyl adjacent to an activating group) is 1. The van der Waals surface area contributed by atoms with Crippen LogP contribution in [0.3, 0.4) is 0 Å². The maximum absolute atomic E-state index is 4.91. The SMILES string of the molecule is CN1C=CC=CC1(C)C=S. The summed E-state index contributed by atoms with van der Waals surface area (Å²) in [5, 5.41) is 1.77. The zero-order chi connectivity index (χ0) is 7.61. The van der Waals surface area contributed by atoms with E-state index in [-0.39, 0.29) is 5.54 Å². The molecular weight excluding hydrogens is 142 g/mol. The molecule has 0 saturated heterocycles. The van der Waals surface area contributed by atoms with Gasteiger partial charge in [0.2, 0.25) is 0 Å². The highest BCUT2D eigenvalue weighted by molar-refractivity contribution is 7.79. The normalized spacial score (nSPS) is 30.8. The van der Waals surface area contributed by atoms with Gasteiger partial charge in [-0.3, -0.25) is 0 Å². The topological polar surface area (TPSA) is 3.24 Å². The molecule has 10 heavy (non-hydrogen) atoms. The van der Waals surface area contributed by atoms with Crippen molar-refractivity contribution in [3.63, 3.8) is 0 Å². The molecule has 2 heteroatoms. The Morgan fingerprint density at radius 1 is 1.50 bits per heavy atom. The Hall–Kier alpha value is -0.630. The van der Waals surface area contributed by atoms with Crippen LogP contribution in [-0.4, -0.2) is 22.9 Å². The highest BCUT2D eigenvalue weighted by Gasteiger charge is 2.21. The van der Waals surface area contributed by atoms with Gasteiger partial charge in [0.15, 0.2) is 0 Å². The molecule has 0 aromatic carbocycles. The summed E-state index contributed by atoms with van der Waals surface area (Å²) in [6.45, 7) is 2.08. The van der Waals surface area contributed by atoms with E-state index >= 15 is 0 Å². The Kier molecular flexibility index (Phi) is 1.90. The third kappa shape index (κ3) is 1.12. The molecule has 0 fully saturated rings. The molecule has 0 aromatic rings. The Bertz CT molecular complexity index is 195. The summed E-state index contributed by atoms with van der Waals surface area (Å²) < 4.78 is 0. The van der Waals surface area contributed by atoms with E-state index in [0.717, 1.165) is 0 Å². The highest BCUT2D eigenvalue weighted by atomic mass is 32.1. The van der Waals surface area contributed by atoms with Crippen LogP contribution in [0.25, 0.3) is 0 Å². The largest absolute Gasteiger partial charge is 0.367 e. The lowest BCUT2D eigenvalue weighted by atomic mass is 10.0.